The van der Waals surface area contributed by atoms with E-state index in [0.717, 1.165) is 10.5 Å². The summed E-state index contributed by atoms with van der Waals surface area (Å²) in [5.74, 6) is -7.99. The van der Waals surface area contributed by atoms with Gasteiger partial charge in [-0.05, 0) is 95.5 Å². The molecule has 0 aromatic carbocycles. The summed E-state index contributed by atoms with van der Waals surface area (Å²) in [6.07, 6.45) is 3.66. The molecule has 3 aliphatic heterocycles. The third-order valence-electron chi connectivity index (χ3n) is 12.6. The fraction of sp³-hybridized carbons (Fsp3) is 0.767. The number of piperidine rings is 1. The quantitative estimate of drug-likeness (QED) is 0.172. The van der Waals surface area contributed by atoms with Crippen LogP contribution in [0.2, 0.25) is 0 Å². The zero-order valence-electron chi connectivity index (χ0n) is 34.4. The predicted octanol–water partition coefficient (Wildman–Crippen LogP) is 3.98. The van der Waals surface area contributed by atoms with Crippen LogP contribution in [0.3, 0.4) is 0 Å². The number of methoxy groups -OCH3 is 2. The molecule has 14 atom stereocenters. The Bertz CT molecular complexity index is 1460. The average molecular weight is 790 g/mol. The Balaban J connectivity index is 1.74. The second-order valence-electron chi connectivity index (χ2n) is 17.1. The van der Waals surface area contributed by atoms with E-state index in [-0.39, 0.29) is 49.5 Å². The average Bonchev–Trinajstić information content (AvgIpc) is 3.48. The highest BCUT2D eigenvalue weighted by Crippen LogP contribution is 2.39. The molecule has 2 bridgehead atoms. The van der Waals surface area contributed by atoms with E-state index in [1.165, 1.54) is 7.11 Å². The standard InChI is InChI=1S/C43H67NO12/c1-9-12-30-18-24(2)17-25(3)19-36(54-8)38(48)37-21-27(5)43(52,56-37)40(49)41(50)44-16-11-10-13-31(44)42(51)55-39(28(6)33(46)23-34(30)47)26(4)20-29-14-15-32(45)35(22-29)53-7/h9,18,20,25,27-33,35-39,45-46,48,52H,1,10-17,19,21-23H2,2-8H3/b24-18+,26-20?/t25-,27+,28+,29-,30+,31-,32+,33-,35+,36-,37-,38+,39+,43+/m0/s1. The van der Waals surface area contributed by atoms with Crippen LogP contribution in [0.5, 0.6) is 0 Å². The second kappa shape index (κ2) is 20.3. The van der Waals surface area contributed by atoms with Crippen LogP contribution in [0, 0.1) is 29.6 Å². The topological polar surface area (TPSA) is 189 Å². The minimum Gasteiger partial charge on any atom is -0.456 e. The first-order valence-electron chi connectivity index (χ1n) is 20.5. The fourth-order valence-electron chi connectivity index (χ4n) is 9.20. The van der Waals surface area contributed by atoms with E-state index >= 15 is 0 Å². The number of esters is 1. The van der Waals surface area contributed by atoms with E-state index in [0.29, 0.717) is 56.9 Å². The number of carbonyl (C=O) groups excluding carboxylic acids is 4. The predicted molar refractivity (Wildman–Crippen MR) is 208 cm³/mol. The molecule has 13 heteroatoms. The number of Topliss-reactive ketones (excluding diaryl/α,β-unsaturated/α-hetero) is 2. The molecule has 3 fully saturated rings. The summed E-state index contributed by atoms with van der Waals surface area (Å²) < 4.78 is 23.3. The van der Waals surface area contributed by atoms with Crippen LogP contribution in [0.1, 0.15) is 105 Å². The molecule has 0 spiro atoms. The lowest BCUT2D eigenvalue weighted by molar-refractivity contribution is -0.225. The summed E-state index contributed by atoms with van der Waals surface area (Å²) in [4.78, 5) is 57.1. The second-order valence-corrected chi connectivity index (χ2v) is 17.1. The van der Waals surface area contributed by atoms with Crippen molar-refractivity contribution in [2.24, 2.45) is 29.6 Å². The van der Waals surface area contributed by atoms with Crippen molar-refractivity contribution < 1.29 is 58.6 Å². The van der Waals surface area contributed by atoms with Gasteiger partial charge in [0.2, 0.25) is 5.79 Å². The minimum absolute atomic E-state index is 0.0115. The zero-order chi connectivity index (χ0) is 41.5. The van der Waals surface area contributed by atoms with Gasteiger partial charge in [0.05, 0.1) is 30.5 Å². The van der Waals surface area contributed by atoms with Crippen molar-refractivity contribution in [3.63, 3.8) is 0 Å². The third kappa shape index (κ3) is 10.8. The number of carbonyl (C=O) groups is 4. The molecule has 4 rings (SSSR count). The van der Waals surface area contributed by atoms with Crippen molar-refractivity contribution in [3.8, 4) is 0 Å². The lowest BCUT2D eigenvalue weighted by atomic mass is 9.81. The van der Waals surface area contributed by atoms with Gasteiger partial charge in [-0.2, -0.15) is 0 Å². The van der Waals surface area contributed by atoms with Gasteiger partial charge in [-0.1, -0.05) is 44.6 Å². The Morgan fingerprint density at radius 1 is 0.964 bits per heavy atom. The zero-order valence-corrected chi connectivity index (χ0v) is 34.4. The number of amides is 1. The smallest absolute Gasteiger partial charge is 0.329 e. The Labute approximate surface area is 332 Å². The van der Waals surface area contributed by atoms with Crippen LogP contribution in [0.15, 0.2) is 36.0 Å². The van der Waals surface area contributed by atoms with Crippen LogP contribution in [-0.4, -0.2) is 124 Å². The normalized spacial score (nSPS) is 41.5. The maximum absolute atomic E-state index is 14.2. The van der Waals surface area contributed by atoms with Crippen LogP contribution in [-0.2, 0) is 38.1 Å². The van der Waals surface area contributed by atoms with Crippen molar-refractivity contribution in [1.82, 2.24) is 4.90 Å². The largest absolute Gasteiger partial charge is 0.456 e. The number of hydrogen-bond donors (Lipinski definition) is 4. The lowest BCUT2D eigenvalue weighted by Crippen LogP contribution is -2.57. The van der Waals surface area contributed by atoms with Gasteiger partial charge >= 0.3 is 5.97 Å². The molecule has 0 aromatic heterocycles. The summed E-state index contributed by atoms with van der Waals surface area (Å²) in [6, 6.07) is -1.16. The van der Waals surface area contributed by atoms with E-state index in [1.54, 1.807) is 34.0 Å². The summed E-state index contributed by atoms with van der Waals surface area (Å²) in [6.45, 7) is 12.9. The minimum atomic E-state index is -2.53. The Morgan fingerprint density at radius 2 is 1.66 bits per heavy atom. The van der Waals surface area contributed by atoms with Crippen LogP contribution in [0.25, 0.3) is 0 Å². The van der Waals surface area contributed by atoms with Gasteiger partial charge in [0, 0.05) is 44.9 Å². The summed E-state index contributed by atoms with van der Waals surface area (Å²) in [7, 11) is 3.02. The van der Waals surface area contributed by atoms with Gasteiger partial charge in [0.25, 0.3) is 11.7 Å². The highest BCUT2D eigenvalue weighted by Gasteiger charge is 2.57. The number of aliphatic hydroxyl groups excluding tert-OH is 3. The number of ketones is 2. The van der Waals surface area contributed by atoms with Crippen molar-refractivity contribution in [1.29, 1.82) is 0 Å². The molecular weight excluding hydrogens is 722 g/mol. The van der Waals surface area contributed by atoms with E-state index in [9.17, 15) is 39.6 Å². The summed E-state index contributed by atoms with van der Waals surface area (Å²) in [5, 5.41) is 45.1. The highest BCUT2D eigenvalue weighted by molar-refractivity contribution is 6.39. The van der Waals surface area contributed by atoms with Crippen molar-refractivity contribution >= 4 is 23.4 Å². The first-order valence-corrected chi connectivity index (χ1v) is 20.5. The Hall–Kier alpha value is -2.78. The number of cyclic esters (lactones) is 1. The monoisotopic (exact) mass is 789 g/mol. The van der Waals surface area contributed by atoms with Gasteiger partial charge in [0.1, 0.15) is 24.0 Å². The number of ether oxygens (including phenoxy) is 4. The number of hydrogen-bond acceptors (Lipinski definition) is 12. The molecule has 1 amide bonds. The van der Waals surface area contributed by atoms with Gasteiger partial charge in [-0.15, -0.1) is 6.58 Å². The highest BCUT2D eigenvalue weighted by atomic mass is 16.7. The molecule has 316 valence electrons. The Kier molecular flexibility index (Phi) is 16.6. The van der Waals surface area contributed by atoms with Crippen LogP contribution < -0.4 is 0 Å². The molecule has 1 aliphatic carbocycles. The molecular formula is C43H67NO12. The van der Waals surface area contributed by atoms with E-state index < -0.39 is 83.9 Å². The van der Waals surface area contributed by atoms with Crippen molar-refractivity contribution in [2.45, 2.75) is 160 Å². The van der Waals surface area contributed by atoms with E-state index in [1.807, 2.05) is 26.0 Å². The molecule has 4 aliphatic rings. The van der Waals surface area contributed by atoms with E-state index in [4.69, 9.17) is 18.9 Å². The third-order valence-corrected chi connectivity index (χ3v) is 12.6. The van der Waals surface area contributed by atoms with Gasteiger partial charge in [0.15, 0.2) is 0 Å². The number of aliphatic hydroxyl groups is 4. The first kappa shape index (κ1) is 45.9. The summed E-state index contributed by atoms with van der Waals surface area (Å²) >= 11 is 0. The fourth-order valence-corrected chi connectivity index (χ4v) is 9.20. The molecule has 3 heterocycles. The Morgan fingerprint density at radius 3 is 2.32 bits per heavy atom. The maximum atomic E-state index is 14.2. The van der Waals surface area contributed by atoms with E-state index in [2.05, 4.69) is 6.58 Å². The number of allylic oxidation sites excluding steroid dienone is 4. The molecule has 1 saturated carbocycles. The maximum Gasteiger partial charge on any atom is 0.329 e. The SMILES string of the molecule is C=CC[C@@H]1/C=C(\C)C[C@H](C)C[C@H](OC)[C@@H](O)[C@@H]2C[C@@H](C)[C@@](O)(O2)C(=O)C(=O)N2CCCC[C@H]2C(=O)O[C@H](C(C)=C[C@@H]2CC[C@@H](O)[C@H](OC)C2)[C@H](C)[C@@H](O)CC1=O. The number of nitrogens with zero attached hydrogens (tertiary/aromatic N) is 1. The lowest BCUT2D eigenvalue weighted by Gasteiger charge is -2.38. The molecule has 13 nitrogen and oxygen atoms in total. The number of rotatable bonds is 6. The van der Waals surface area contributed by atoms with Crippen molar-refractivity contribution in [2.75, 3.05) is 20.8 Å². The van der Waals surface area contributed by atoms with Crippen LogP contribution in [0.4, 0.5) is 0 Å². The molecule has 4 N–H and O–H groups in total. The molecule has 0 unspecified atom stereocenters. The molecule has 56 heavy (non-hydrogen) atoms. The molecule has 0 aromatic rings. The summed E-state index contributed by atoms with van der Waals surface area (Å²) in [5.41, 5.74) is 1.58. The van der Waals surface area contributed by atoms with Gasteiger partial charge in [-0.3, -0.25) is 14.4 Å². The molecule has 2 saturated heterocycles. The molecule has 0 radical (unpaired) electrons. The first-order chi connectivity index (χ1) is 26.4. The number of fused-ring (bicyclic) bond motifs is 3. The van der Waals surface area contributed by atoms with Crippen LogP contribution >= 0.6 is 0 Å². The van der Waals surface area contributed by atoms with Gasteiger partial charge in [-0.25, -0.2) is 4.79 Å². The van der Waals surface area contributed by atoms with Gasteiger partial charge < -0.3 is 44.3 Å². The van der Waals surface area contributed by atoms with Crippen molar-refractivity contribution in [3.05, 3.63) is 36.0 Å².